The number of halogens is 1. The quantitative estimate of drug-likeness (QED) is 0.781. The maximum atomic E-state index is 12.8. The van der Waals surface area contributed by atoms with E-state index >= 15 is 0 Å². The molecular formula is C15H19BrN2O3. The van der Waals surface area contributed by atoms with Crippen molar-refractivity contribution in [1.29, 1.82) is 0 Å². The van der Waals surface area contributed by atoms with Crippen LogP contribution in [-0.4, -0.2) is 40.5 Å². The number of aromatic nitrogens is 1. The molecule has 21 heavy (non-hydrogen) atoms. The first-order valence-electron chi connectivity index (χ1n) is 7.46. The van der Waals surface area contributed by atoms with Crippen molar-refractivity contribution in [3.63, 3.8) is 0 Å². The van der Waals surface area contributed by atoms with Gasteiger partial charge in [-0.25, -0.2) is 4.79 Å². The number of hydrogen-bond acceptors (Lipinski definition) is 3. The van der Waals surface area contributed by atoms with Crippen LogP contribution in [0.5, 0.6) is 0 Å². The second-order valence-electron chi connectivity index (χ2n) is 5.59. The molecule has 2 aliphatic rings. The molecule has 0 radical (unpaired) electrons. The Hall–Kier alpha value is -1.30. The molecule has 1 amide bonds. The summed E-state index contributed by atoms with van der Waals surface area (Å²) < 4.78 is 8.03. The lowest BCUT2D eigenvalue weighted by Crippen LogP contribution is -2.42. The number of rotatable bonds is 4. The summed E-state index contributed by atoms with van der Waals surface area (Å²) in [5, 5.41) is 0. The van der Waals surface area contributed by atoms with Gasteiger partial charge in [-0.3, -0.25) is 4.79 Å². The van der Waals surface area contributed by atoms with Crippen LogP contribution >= 0.6 is 15.9 Å². The first-order chi connectivity index (χ1) is 10.1. The first kappa shape index (κ1) is 14.6. The topological polar surface area (TPSA) is 51.5 Å². The molecule has 114 valence electrons. The molecule has 1 unspecified atom stereocenters. The van der Waals surface area contributed by atoms with E-state index in [2.05, 4.69) is 15.9 Å². The minimum Gasteiger partial charge on any atom is -0.464 e. The van der Waals surface area contributed by atoms with Gasteiger partial charge in [-0.2, -0.15) is 0 Å². The minimum absolute atomic E-state index is 0.0665. The average molecular weight is 355 g/mol. The highest BCUT2D eigenvalue weighted by Gasteiger charge is 2.38. The molecule has 1 aromatic heterocycles. The van der Waals surface area contributed by atoms with E-state index in [1.165, 1.54) is 0 Å². The van der Waals surface area contributed by atoms with Gasteiger partial charge in [0.1, 0.15) is 11.7 Å². The monoisotopic (exact) mass is 354 g/mol. The zero-order chi connectivity index (χ0) is 15.0. The Morgan fingerprint density at radius 1 is 1.38 bits per heavy atom. The molecule has 1 aliphatic carbocycles. The highest BCUT2D eigenvalue weighted by molar-refractivity contribution is 9.10. The second-order valence-corrected chi connectivity index (χ2v) is 6.51. The van der Waals surface area contributed by atoms with Crippen LogP contribution in [0.1, 0.15) is 49.1 Å². The lowest BCUT2D eigenvalue weighted by molar-refractivity contribution is -0.147. The Balaban J connectivity index is 1.82. The van der Waals surface area contributed by atoms with Crippen LogP contribution in [-0.2, 0) is 9.53 Å². The summed E-state index contributed by atoms with van der Waals surface area (Å²) in [6.07, 6.45) is 5.72. The summed E-state index contributed by atoms with van der Waals surface area (Å²) in [7, 11) is 0. The second kappa shape index (κ2) is 5.83. The zero-order valence-corrected chi connectivity index (χ0v) is 13.6. The molecule has 5 nitrogen and oxygen atoms in total. The number of esters is 1. The SMILES string of the molecule is CCOC(=O)C1CCCN1C(=O)c1cc(Br)cn1C1CC1. The third-order valence-electron chi connectivity index (χ3n) is 4.05. The smallest absolute Gasteiger partial charge is 0.328 e. The fourth-order valence-corrected chi connectivity index (χ4v) is 3.35. The third-order valence-corrected chi connectivity index (χ3v) is 4.48. The van der Waals surface area contributed by atoms with Gasteiger partial charge in [0.05, 0.1) is 6.61 Å². The van der Waals surface area contributed by atoms with Crippen molar-refractivity contribution in [3.05, 3.63) is 22.4 Å². The van der Waals surface area contributed by atoms with Gasteiger partial charge in [-0.1, -0.05) is 0 Å². The van der Waals surface area contributed by atoms with Crippen LogP contribution in [0.4, 0.5) is 0 Å². The molecule has 1 aliphatic heterocycles. The number of carbonyl (C=O) groups is 2. The van der Waals surface area contributed by atoms with Crippen LogP contribution in [0.25, 0.3) is 0 Å². The Labute approximate surface area is 132 Å². The van der Waals surface area contributed by atoms with Gasteiger partial charge in [0.15, 0.2) is 0 Å². The Bertz CT molecular complexity index is 565. The Morgan fingerprint density at radius 3 is 2.81 bits per heavy atom. The van der Waals surface area contributed by atoms with Gasteiger partial charge in [0, 0.05) is 23.3 Å². The normalized spacial score (nSPS) is 21.6. The van der Waals surface area contributed by atoms with Crippen molar-refractivity contribution in [2.45, 2.75) is 44.7 Å². The van der Waals surface area contributed by atoms with E-state index in [0.717, 1.165) is 23.7 Å². The third kappa shape index (κ3) is 2.86. The van der Waals surface area contributed by atoms with E-state index in [9.17, 15) is 9.59 Å². The number of amides is 1. The molecule has 0 aromatic carbocycles. The number of ether oxygens (including phenoxy) is 1. The van der Waals surface area contributed by atoms with Crippen molar-refractivity contribution in [3.8, 4) is 0 Å². The number of nitrogens with zero attached hydrogens (tertiary/aromatic N) is 2. The maximum absolute atomic E-state index is 12.8. The van der Waals surface area contributed by atoms with Crippen LogP contribution in [0.15, 0.2) is 16.7 Å². The number of carbonyl (C=O) groups excluding carboxylic acids is 2. The molecule has 3 rings (SSSR count). The molecule has 0 spiro atoms. The molecule has 0 bridgehead atoms. The van der Waals surface area contributed by atoms with Crippen molar-refractivity contribution < 1.29 is 14.3 Å². The summed E-state index contributed by atoms with van der Waals surface area (Å²) in [4.78, 5) is 26.5. The van der Waals surface area contributed by atoms with E-state index in [1.54, 1.807) is 11.8 Å². The van der Waals surface area contributed by atoms with Crippen molar-refractivity contribution in [2.75, 3.05) is 13.2 Å². The van der Waals surface area contributed by atoms with E-state index in [4.69, 9.17) is 4.74 Å². The highest BCUT2D eigenvalue weighted by Crippen LogP contribution is 2.38. The van der Waals surface area contributed by atoms with Crippen molar-refractivity contribution in [2.24, 2.45) is 0 Å². The van der Waals surface area contributed by atoms with Gasteiger partial charge in [-0.05, 0) is 54.6 Å². The standard InChI is InChI=1S/C15H19BrN2O3/c1-2-21-15(20)12-4-3-7-17(12)14(19)13-8-10(16)9-18(13)11-5-6-11/h8-9,11-12H,2-7H2,1H3. The van der Waals surface area contributed by atoms with Gasteiger partial charge < -0.3 is 14.2 Å². The fourth-order valence-electron chi connectivity index (χ4n) is 2.91. The summed E-state index contributed by atoms with van der Waals surface area (Å²) in [6.45, 7) is 2.76. The van der Waals surface area contributed by atoms with Gasteiger partial charge >= 0.3 is 5.97 Å². The molecule has 0 N–H and O–H groups in total. The van der Waals surface area contributed by atoms with Crippen LogP contribution in [0, 0.1) is 0 Å². The van der Waals surface area contributed by atoms with Gasteiger partial charge in [-0.15, -0.1) is 0 Å². The lowest BCUT2D eigenvalue weighted by Gasteiger charge is -2.23. The Morgan fingerprint density at radius 2 is 2.14 bits per heavy atom. The van der Waals surface area contributed by atoms with E-state index in [0.29, 0.717) is 31.3 Å². The summed E-state index contributed by atoms with van der Waals surface area (Å²) in [6, 6.07) is 1.85. The van der Waals surface area contributed by atoms with Crippen LogP contribution in [0.2, 0.25) is 0 Å². The summed E-state index contributed by atoms with van der Waals surface area (Å²) in [5.74, 6) is -0.352. The van der Waals surface area contributed by atoms with Gasteiger partial charge in [0.25, 0.3) is 5.91 Å². The summed E-state index contributed by atoms with van der Waals surface area (Å²) >= 11 is 3.44. The Kier molecular flexibility index (Phi) is 4.06. The van der Waals surface area contributed by atoms with Crippen molar-refractivity contribution in [1.82, 2.24) is 9.47 Å². The minimum atomic E-state index is -0.432. The lowest BCUT2D eigenvalue weighted by atomic mass is 10.2. The molecule has 1 saturated heterocycles. The molecular weight excluding hydrogens is 336 g/mol. The zero-order valence-electron chi connectivity index (χ0n) is 12.0. The predicted octanol–water partition coefficient (Wildman–Crippen LogP) is 2.75. The van der Waals surface area contributed by atoms with E-state index in [-0.39, 0.29) is 11.9 Å². The van der Waals surface area contributed by atoms with Gasteiger partial charge in [0.2, 0.25) is 0 Å². The summed E-state index contributed by atoms with van der Waals surface area (Å²) in [5.41, 5.74) is 0.667. The molecule has 1 aromatic rings. The van der Waals surface area contributed by atoms with Crippen LogP contribution in [0.3, 0.4) is 0 Å². The van der Waals surface area contributed by atoms with Crippen molar-refractivity contribution >= 4 is 27.8 Å². The van der Waals surface area contributed by atoms with Crippen LogP contribution < -0.4 is 0 Å². The molecule has 6 heteroatoms. The van der Waals surface area contributed by atoms with E-state index in [1.807, 2.05) is 16.8 Å². The average Bonchev–Trinajstić information content (AvgIpc) is 3.05. The molecule has 2 heterocycles. The fraction of sp³-hybridized carbons (Fsp3) is 0.600. The predicted molar refractivity (Wildman–Crippen MR) is 81.1 cm³/mol. The molecule has 2 fully saturated rings. The maximum Gasteiger partial charge on any atom is 0.328 e. The highest BCUT2D eigenvalue weighted by atomic mass is 79.9. The number of hydrogen-bond donors (Lipinski definition) is 0. The molecule has 1 saturated carbocycles. The largest absolute Gasteiger partial charge is 0.464 e. The number of likely N-dealkylation sites (tertiary alicyclic amines) is 1. The molecule has 1 atom stereocenters. The first-order valence-corrected chi connectivity index (χ1v) is 8.26. The van der Waals surface area contributed by atoms with E-state index < -0.39 is 6.04 Å².